The van der Waals surface area contributed by atoms with Crippen LogP contribution in [0.4, 0.5) is 13.2 Å². The van der Waals surface area contributed by atoms with Crippen molar-refractivity contribution in [3.8, 4) is 11.3 Å². The van der Waals surface area contributed by atoms with Crippen LogP contribution in [0.2, 0.25) is 0 Å². The number of hydrogen-bond acceptors (Lipinski definition) is 3. The number of alkyl halides is 3. The van der Waals surface area contributed by atoms with Gasteiger partial charge in [-0.2, -0.15) is 13.2 Å². The van der Waals surface area contributed by atoms with Gasteiger partial charge in [0.2, 0.25) is 0 Å². The van der Waals surface area contributed by atoms with Crippen molar-refractivity contribution < 1.29 is 23.1 Å². The number of rotatable bonds is 3. The second-order valence-corrected chi connectivity index (χ2v) is 6.80. The summed E-state index contributed by atoms with van der Waals surface area (Å²) in [5.74, 6) is -1.01. The molecule has 2 aromatic carbocycles. The third kappa shape index (κ3) is 2.72. The Morgan fingerprint density at radius 1 is 1.12 bits per heavy atom. The van der Waals surface area contributed by atoms with Gasteiger partial charge in [-0.3, -0.25) is 9.20 Å². The van der Waals surface area contributed by atoms with E-state index in [4.69, 9.17) is 0 Å². The molecule has 0 aliphatic heterocycles. The number of fused-ring (bicyclic) bond motifs is 3. The van der Waals surface area contributed by atoms with E-state index < -0.39 is 17.7 Å². The van der Waals surface area contributed by atoms with E-state index in [-0.39, 0.29) is 6.42 Å². The molecule has 0 saturated heterocycles. The predicted molar refractivity (Wildman–Crippen MR) is 92.4 cm³/mol. The number of carboxylic acid groups (broad SMARTS) is 1. The molecule has 0 amide bonds. The van der Waals surface area contributed by atoms with E-state index in [2.05, 4.69) is 4.98 Å². The highest BCUT2D eigenvalue weighted by atomic mass is 32.1. The first-order valence-corrected chi connectivity index (χ1v) is 8.44. The quantitative estimate of drug-likeness (QED) is 0.555. The summed E-state index contributed by atoms with van der Waals surface area (Å²) in [5.41, 5.74) is 1.86. The van der Waals surface area contributed by atoms with Crippen molar-refractivity contribution in [1.82, 2.24) is 9.38 Å². The van der Waals surface area contributed by atoms with Gasteiger partial charge in [0, 0.05) is 4.88 Å². The smallest absolute Gasteiger partial charge is 0.416 e. The summed E-state index contributed by atoms with van der Waals surface area (Å²) in [7, 11) is 0. The Bertz CT molecular complexity index is 1130. The summed E-state index contributed by atoms with van der Waals surface area (Å²) in [6.07, 6.45) is -4.65. The zero-order valence-corrected chi connectivity index (χ0v) is 13.9. The first-order valence-electron chi connectivity index (χ1n) is 7.63. The number of para-hydroxylation sites is 2. The minimum Gasteiger partial charge on any atom is -0.481 e. The Morgan fingerprint density at radius 3 is 2.46 bits per heavy atom. The van der Waals surface area contributed by atoms with E-state index in [9.17, 15) is 23.1 Å². The minimum atomic E-state index is -4.42. The minimum absolute atomic E-state index is 0.224. The number of carboxylic acids is 1. The standard InChI is InChI=1S/C18H11F3N2O2S/c19-18(20,21)11-7-5-10(6-8-11)16-14(9-15(24)25)26-17-22-12-3-1-2-4-13(12)23(16)17/h1-8H,9H2,(H,24,25). The van der Waals surface area contributed by atoms with Crippen molar-refractivity contribution in [2.24, 2.45) is 0 Å². The van der Waals surface area contributed by atoms with Crippen LogP contribution in [0.15, 0.2) is 48.5 Å². The lowest BCUT2D eigenvalue weighted by Crippen LogP contribution is -2.04. The fraction of sp³-hybridized carbons (Fsp3) is 0.111. The van der Waals surface area contributed by atoms with Crippen molar-refractivity contribution in [2.45, 2.75) is 12.6 Å². The van der Waals surface area contributed by atoms with Gasteiger partial charge in [-0.1, -0.05) is 24.3 Å². The first-order chi connectivity index (χ1) is 12.3. The number of aliphatic carboxylic acids is 1. The molecule has 0 radical (unpaired) electrons. The highest BCUT2D eigenvalue weighted by Gasteiger charge is 2.30. The van der Waals surface area contributed by atoms with Gasteiger partial charge in [-0.15, -0.1) is 11.3 Å². The van der Waals surface area contributed by atoms with Gasteiger partial charge in [0.05, 0.1) is 28.7 Å². The fourth-order valence-electron chi connectivity index (χ4n) is 2.94. The highest BCUT2D eigenvalue weighted by molar-refractivity contribution is 7.17. The Hall–Kier alpha value is -2.87. The molecule has 0 saturated carbocycles. The van der Waals surface area contributed by atoms with Crippen molar-refractivity contribution >= 4 is 33.3 Å². The van der Waals surface area contributed by atoms with Gasteiger partial charge in [-0.05, 0) is 29.8 Å². The zero-order valence-electron chi connectivity index (χ0n) is 13.1. The number of thiazole rings is 1. The largest absolute Gasteiger partial charge is 0.481 e. The number of aromatic nitrogens is 2. The monoisotopic (exact) mass is 376 g/mol. The second-order valence-electron chi connectivity index (χ2n) is 5.74. The third-order valence-corrected chi connectivity index (χ3v) is 5.07. The number of halogens is 3. The van der Waals surface area contributed by atoms with Gasteiger partial charge in [0.25, 0.3) is 0 Å². The van der Waals surface area contributed by atoms with Crippen LogP contribution >= 0.6 is 11.3 Å². The van der Waals surface area contributed by atoms with Gasteiger partial charge in [0.1, 0.15) is 0 Å². The van der Waals surface area contributed by atoms with Crippen LogP contribution in [0, 0.1) is 0 Å². The molecule has 4 rings (SSSR count). The van der Waals surface area contributed by atoms with Crippen LogP contribution in [-0.4, -0.2) is 20.5 Å². The second kappa shape index (κ2) is 5.84. The maximum atomic E-state index is 12.8. The fourth-order valence-corrected chi connectivity index (χ4v) is 4.08. The highest BCUT2D eigenvalue weighted by Crippen LogP contribution is 2.37. The molecule has 8 heteroatoms. The Morgan fingerprint density at radius 2 is 1.81 bits per heavy atom. The lowest BCUT2D eigenvalue weighted by atomic mass is 10.1. The molecule has 132 valence electrons. The Balaban J connectivity index is 1.97. The van der Waals surface area contributed by atoms with Crippen LogP contribution < -0.4 is 0 Å². The van der Waals surface area contributed by atoms with E-state index in [1.807, 2.05) is 24.3 Å². The van der Waals surface area contributed by atoms with Gasteiger partial charge < -0.3 is 5.11 Å². The van der Waals surface area contributed by atoms with Crippen LogP contribution in [0.3, 0.4) is 0 Å². The molecular weight excluding hydrogens is 365 g/mol. The number of nitrogens with zero attached hydrogens (tertiary/aromatic N) is 2. The maximum absolute atomic E-state index is 12.8. The predicted octanol–water partition coefficient (Wildman–Crippen LogP) is 4.86. The average Bonchev–Trinajstić information content (AvgIpc) is 3.09. The Kier molecular flexibility index (Phi) is 3.73. The van der Waals surface area contributed by atoms with Crippen LogP contribution in [-0.2, 0) is 17.4 Å². The molecule has 0 atom stereocenters. The molecule has 0 aliphatic rings. The molecule has 0 bridgehead atoms. The maximum Gasteiger partial charge on any atom is 0.416 e. The summed E-state index contributed by atoms with van der Waals surface area (Å²) < 4.78 is 40.3. The summed E-state index contributed by atoms with van der Waals surface area (Å²) in [6.45, 7) is 0. The molecule has 4 nitrogen and oxygen atoms in total. The Labute approximate surface area is 149 Å². The molecule has 2 heterocycles. The molecule has 0 spiro atoms. The van der Waals surface area contributed by atoms with Gasteiger partial charge >= 0.3 is 12.1 Å². The normalized spacial score (nSPS) is 12.1. The molecular formula is C18H11F3N2O2S. The molecule has 2 aromatic heterocycles. The number of benzene rings is 2. The zero-order chi connectivity index (χ0) is 18.5. The number of carbonyl (C=O) groups is 1. The van der Waals surface area contributed by atoms with Crippen molar-refractivity contribution in [1.29, 1.82) is 0 Å². The summed E-state index contributed by atoms with van der Waals surface area (Å²) in [6, 6.07) is 12.1. The molecule has 1 N–H and O–H groups in total. The van der Waals surface area contributed by atoms with Crippen molar-refractivity contribution in [3.05, 3.63) is 59.0 Å². The van der Waals surface area contributed by atoms with E-state index in [1.54, 1.807) is 4.40 Å². The molecule has 4 aromatic rings. The van der Waals surface area contributed by atoms with Crippen LogP contribution in [0.1, 0.15) is 10.4 Å². The summed E-state index contributed by atoms with van der Waals surface area (Å²) in [4.78, 5) is 16.9. The van der Waals surface area contributed by atoms with Gasteiger partial charge in [0.15, 0.2) is 4.96 Å². The summed E-state index contributed by atoms with van der Waals surface area (Å²) >= 11 is 1.23. The average molecular weight is 376 g/mol. The third-order valence-electron chi connectivity index (χ3n) is 4.03. The van der Waals surface area contributed by atoms with Crippen molar-refractivity contribution in [3.63, 3.8) is 0 Å². The first kappa shape index (κ1) is 16.6. The van der Waals surface area contributed by atoms with Crippen LogP contribution in [0.25, 0.3) is 27.3 Å². The summed E-state index contributed by atoms with van der Waals surface area (Å²) in [5, 5.41) is 9.19. The van der Waals surface area contributed by atoms with Gasteiger partial charge in [-0.25, -0.2) is 4.98 Å². The lowest BCUT2D eigenvalue weighted by molar-refractivity contribution is -0.138. The van der Waals surface area contributed by atoms with Crippen LogP contribution in [0.5, 0.6) is 0 Å². The van der Waals surface area contributed by atoms with E-state index in [1.165, 1.54) is 23.5 Å². The van der Waals surface area contributed by atoms with E-state index in [0.29, 0.717) is 21.1 Å². The number of hydrogen-bond donors (Lipinski definition) is 1. The van der Waals surface area contributed by atoms with E-state index in [0.717, 1.165) is 23.2 Å². The SMILES string of the molecule is O=C(O)Cc1sc2nc3ccccc3n2c1-c1ccc(C(F)(F)F)cc1. The molecule has 0 fully saturated rings. The molecule has 0 aliphatic carbocycles. The molecule has 0 unspecified atom stereocenters. The van der Waals surface area contributed by atoms with E-state index >= 15 is 0 Å². The number of imidazole rings is 1. The molecule has 26 heavy (non-hydrogen) atoms. The van der Waals surface area contributed by atoms with Crippen molar-refractivity contribution in [2.75, 3.05) is 0 Å². The lowest BCUT2D eigenvalue weighted by Gasteiger charge is -2.09. The topological polar surface area (TPSA) is 54.6 Å².